The molecular weight excluding hydrogens is 148 g/mol. The van der Waals surface area contributed by atoms with Crippen molar-refractivity contribution in [3.8, 4) is 0 Å². The Morgan fingerprint density at radius 3 is 2.50 bits per heavy atom. The molecule has 0 spiro atoms. The summed E-state index contributed by atoms with van der Waals surface area (Å²) in [6.07, 6.45) is 1.59. The molecule has 0 bridgehead atoms. The molecule has 1 aliphatic heterocycles. The van der Waals surface area contributed by atoms with Gasteiger partial charge in [-0.2, -0.15) is 0 Å². The Morgan fingerprint density at radius 1 is 1.70 bits per heavy atom. The lowest BCUT2D eigenvalue weighted by Crippen LogP contribution is -2.07. The summed E-state index contributed by atoms with van der Waals surface area (Å²) in [6.45, 7) is 3.98. The number of rotatable bonds is 0. The number of thioether (sulfide) groups is 1. The molecular formula is C7H10O2S. The number of hydrogen-bond donors (Lipinski definition) is 1. The van der Waals surface area contributed by atoms with Gasteiger partial charge in [-0.05, 0) is 20.3 Å². The zero-order valence-electron chi connectivity index (χ0n) is 6.05. The molecule has 0 amide bonds. The molecule has 0 aromatic rings. The third-order valence-corrected chi connectivity index (χ3v) is 2.55. The fourth-order valence-corrected chi connectivity index (χ4v) is 1.97. The van der Waals surface area contributed by atoms with E-state index in [1.54, 1.807) is 0 Å². The minimum atomic E-state index is -0.0222. The van der Waals surface area contributed by atoms with Crippen LogP contribution in [0.4, 0.5) is 0 Å². The van der Waals surface area contributed by atoms with Crippen LogP contribution < -0.4 is 0 Å². The van der Waals surface area contributed by atoms with Gasteiger partial charge in [-0.1, -0.05) is 11.8 Å². The highest BCUT2D eigenvalue weighted by Gasteiger charge is 2.34. The molecule has 10 heavy (non-hydrogen) atoms. The number of aliphatic hydroxyl groups excluding tert-OH is 1. The van der Waals surface area contributed by atoms with Crippen molar-refractivity contribution in [3.63, 3.8) is 0 Å². The van der Waals surface area contributed by atoms with Crippen molar-refractivity contribution in [2.45, 2.75) is 25.0 Å². The summed E-state index contributed by atoms with van der Waals surface area (Å²) in [7, 11) is 0. The van der Waals surface area contributed by atoms with Gasteiger partial charge in [0.05, 0.1) is 6.26 Å². The molecule has 1 fully saturated rings. The molecule has 0 unspecified atom stereocenters. The number of hydrogen-bond acceptors (Lipinski definition) is 3. The van der Waals surface area contributed by atoms with Crippen molar-refractivity contribution >= 4 is 16.9 Å². The van der Waals surface area contributed by atoms with Crippen LogP contribution in [0, 0.1) is 0 Å². The lowest BCUT2D eigenvalue weighted by molar-refractivity contribution is -0.107. The van der Waals surface area contributed by atoms with Crippen molar-refractivity contribution in [2.75, 3.05) is 0 Å². The number of carbonyl (C=O) groups excluding carboxylic acids is 1. The van der Waals surface area contributed by atoms with E-state index in [-0.39, 0.29) is 9.86 Å². The van der Waals surface area contributed by atoms with E-state index in [0.717, 1.165) is 6.26 Å². The summed E-state index contributed by atoms with van der Waals surface area (Å²) in [5.74, 6) is 0. The van der Waals surface area contributed by atoms with Crippen molar-refractivity contribution in [1.29, 1.82) is 0 Å². The van der Waals surface area contributed by atoms with Gasteiger partial charge in [-0.15, -0.1) is 0 Å². The first kappa shape index (κ1) is 7.66. The van der Waals surface area contributed by atoms with E-state index in [4.69, 9.17) is 5.11 Å². The van der Waals surface area contributed by atoms with Crippen LogP contribution in [0.3, 0.4) is 0 Å². The van der Waals surface area contributed by atoms with Gasteiger partial charge in [0.15, 0.2) is 0 Å². The summed E-state index contributed by atoms with van der Waals surface area (Å²) >= 11 is 1.29. The summed E-state index contributed by atoms with van der Waals surface area (Å²) in [6, 6.07) is 0. The molecule has 1 saturated heterocycles. The Morgan fingerprint density at radius 2 is 2.30 bits per heavy atom. The molecule has 1 rings (SSSR count). The number of carbonyl (C=O) groups is 1. The summed E-state index contributed by atoms with van der Waals surface area (Å²) < 4.78 is -0.0222. The second kappa shape index (κ2) is 2.31. The molecule has 0 aromatic heterocycles. The van der Waals surface area contributed by atoms with Crippen molar-refractivity contribution in [2.24, 2.45) is 0 Å². The lowest BCUT2D eigenvalue weighted by Gasteiger charge is -2.11. The Labute approximate surface area is 64.3 Å². The van der Waals surface area contributed by atoms with E-state index in [1.807, 2.05) is 13.8 Å². The van der Waals surface area contributed by atoms with Gasteiger partial charge in [-0.3, -0.25) is 4.79 Å². The van der Waals surface area contributed by atoms with Gasteiger partial charge in [0.2, 0.25) is 5.12 Å². The van der Waals surface area contributed by atoms with Gasteiger partial charge < -0.3 is 5.11 Å². The van der Waals surface area contributed by atoms with Crippen LogP contribution in [0.15, 0.2) is 11.8 Å². The normalized spacial score (nSPS) is 27.8. The molecule has 0 atom stereocenters. The van der Waals surface area contributed by atoms with E-state index in [2.05, 4.69) is 0 Å². The van der Waals surface area contributed by atoms with E-state index in [1.165, 1.54) is 11.8 Å². The molecule has 0 aromatic carbocycles. The zero-order chi connectivity index (χ0) is 7.78. The third kappa shape index (κ3) is 1.34. The van der Waals surface area contributed by atoms with Crippen LogP contribution in [0.2, 0.25) is 0 Å². The van der Waals surface area contributed by atoms with Crippen LogP contribution in [0.25, 0.3) is 0 Å². The van der Waals surface area contributed by atoms with Gasteiger partial charge >= 0.3 is 0 Å². The summed E-state index contributed by atoms with van der Waals surface area (Å²) in [4.78, 5) is 11.0. The fraction of sp³-hybridized carbons (Fsp3) is 0.571. The Bertz CT molecular complexity index is 194. The van der Waals surface area contributed by atoms with Crippen LogP contribution in [0.5, 0.6) is 0 Å². The first-order chi connectivity index (χ1) is 4.55. The quantitative estimate of drug-likeness (QED) is 0.432. The Kier molecular flexibility index (Phi) is 1.77. The van der Waals surface area contributed by atoms with E-state index in [9.17, 15) is 4.79 Å². The zero-order valence-corrected chi connectivity index (χ0v) is 6.86. The van der Waals surface area contributed by atoms with Crippen LogP contribution in [-0.4, -0.2) is 15.0 Å². The van der Waals surface area contributed by atoms with Crippen LogP contribution in [-0.2, 0) is 4.79 Å². The largest absolute Gasteiger partial charge is 0.515 e. The third-order valence-electron chi connectivity index (χ3n) is 1.40. The van der Waals surface area contributed by atoms with E-state index >= 15 is 0 Å². The first-order valence-electron chi connectivity index (χ1n) is 3.12. The van der Waals surface area contributed by atoms with Crippen LogP contribution in [0.1, 0.15) is 20.3 Å². The minimum Gasteiger partial charge on any atom is -0.515 e. The Balaban J connectivity index is 2.81. The van der Waals surface area contributed by atoms with Gasteiger partial charge in [0, 0.05) is 10.3 Å². The van der Waals surface area contributed by atoms with Gasteiger partial charge in [0.1, 0.15) is 0 Å². The number of aliphatic hydroxyl groups is 1. The maximum absolute atomic E-state index is 11.0. The summed E-state index contributed by atoms with van der Waals surface area (Å²) in [5, 5.41) is 8.58. The predicted octanol–water partition coefficient (Wildman–Crippen LogP) is 1.87. The highest BCUT2D eigenvalue weighted by molar-refractivity contribution is 8.15. The maximum atomic E-state index is 11.0. The molecule has 1 N–H and O–H groups in total. The smallest absolute Gasteiger partial charge is 0.218 e. The van der Waals surface area contributed by atoms with Crippen LogP contribution >= 0.6 is 11.8 Å². The second-order valence-electron chi connectivity index (χ2n) is 2.98. The average Bonchev–Trinajstić information content (AvgIpc) is 2.05. The standard InChI is InChI=1S/C7H10O2S/c1-7(2)3-5(4-8)6(9)10-7/h4,8H,3H2,1-2H3. The molecule has 0 radical (unpaired) electrons. The molecule has 2 nitrogen and oxygen atoms in total. The monoisotopic (exact) mass is 158 g/mol. The topological polar surface area (TPSA) is 37.3 Å². The molecule has 56 valence electrons. The Hall–Kier alpha value is -0.440. The minimum absolute atomic E-state index is 0.00694. The van der Waals surface area contributed by atoms with Crippen molar-refractivity contribution in [1.82, 2.24) is 0 Å². The van der Waals surface area contributed by atoms with E-state index in [0.29, 0.717) is 12.0 Å². The molecule has 1 aliphatic rings. The predicted molar refractivity (Wildman–Crippen MR) is 42.0 cm³/mol. The highest BCUT2D eigenvalue weighted by atomic mass is 32.2. The van der Waals surface area contributed by atoms with E-state index < -0.39 is 0 Å². The molecule has 1 heterocycles. The fourth-order valence-electron chi connectivity index (χ4n) is 0.982. The van der Waals surface area contributed by atoms with Crippen molar-refractivity contribution in [3.05, 3.63) is 11.8 Å². The average molecular weight is 158 g/mol. The highest BCUT2D eigenvalue weighted by Crippen LogP contribution is 2.41. The molecule has 0 aliphatic carbocycles. The maximum Gasteiger partial charge on any atom is 0.218 e. The second-order valence-corrected chi connectivity index (χ2v) is 4.66. The lowest BCUT2D eigenvalue weighted by atomic mass is 10.1. The molecule has 3 heteroatoms. The molecule has 0 saturated carbocycles. The van der Waals surface area contributed by atoms with Crippen molar-refractivity contribution < 1.29 is 9.90 Å². The van der Waals surface area contributed by atoms with Gasteiger partial charge in [-0.25, -0.2) is 0 Å². The first-order valence-corrected chi connectivity index (χ1v) is 3.93. The summed E-state index contributed by atoms with van der Waals surface area (Å²) in [5.41, 5.74) is 0.537. The van der Waals surface area contributed by atoms with Gasteiger partial charge in [0.25, 0.3) is 0 Å². The SMILES string of the molecule is CC1(C)CC(=CO)C(=O)S1.